The van der Waals surface area contributed by atoms with E-state index in [4.69, 9.17) is 19.1 Å². The molecule has 1 aliphatic carbocycles. The minimum Gasteiger partial charge on any atom is -0.0890 e. The Morgan fingerprint density at radius 1 is 1.22 bits per heavy atom. The fourth-order valence-electron chi connectivity index (χ4n) is 1.39. The molecule has 2 radical (unpaired) electrons. The smallest absolute Gasteiger partial charge is 0.00651 e. The summed E-state index contributed by atoms with van der Waals surface area (Å²) in [4.78, 5) is 0.731. The van der Waals surface area contributed by atoms with Crippen molar-refractivity contribution >= 4 is 17.1 Å². The fraction of sp³-hybridized carbons (Fsp3) is 0.750. The van der Waals surface area contributed by atoms with Crippen LogP contribution >= 0.6 is 12.2 Å². The second kappa shape index (κ2) is 3.31. The van der Waals surface area contributed by atoms with Crippen LogP contribution in [0.2, 0.25) is 0 Å². The van der Waals surface area contributed by atoms with Crippen molar-refractivity contribution in [2.24, 2.45) is 5.92 Å². The maximum absolute atomic E-state index is 5.50. The van der Waals surface area contributed by atoms with Gasteiger partial charge in [-0.25, -0.2) is 0 Å². The van der Waals surface area contributed by atoms with Gasteiger partial charge in [0.05, 0.1) is 0 Å². The molecule has 0 unspecified atom stereocenters. The molecular formula is C8H12S. The van der Waals surface area contributed by atoms with Gasteiger partial charge in [-0.15, -0.1) is 0 Å². The summed E-state index contributed by atoms with van der Waals surface area (Å²) in [6.45, 7) is 5.50. The lowest BCUT2D eigenvalue weighted by Crippen LogP contribution is -2.12. The highest BCUT2D eigenvalue weighted by Gasteiger charge is 2.13. The first kappa shape index (κ1) is 7.20. The number of rotatable bonds is 1. The minimum absolute atomic E-state index is 0.564. The van der Waals surface area contributed by atoms with Gasteiger partial charge in [-0.2, -0.15) is 0 Å². The standard InChI is InChI=1S/C8H12S/c1-7(9)8-5-3-2-4-6-8/h1,8H,2-6H2. The maximum atomic E-state index is 5.50. The highest BCUT2D eigenvalue weighted by molar-refractivity contribution is 7.80. The Labute approximate surface area is 62.6 Å². The van der Waals surface area contributed by atoms with Crippen molar-refractivity contribution in [2.45, 2.75) is 32.1 Å². The summed E-state index contributed by atoms with van der Waals surface area (Å²) in [5.41, 5.74) is 0. The van der Waals surface area contributed by atoms with Crippen molar-refractivity contribution in [3.63, 3.8) is 0 Å². The molecule has 0 aromatic carbocycles. The van der Waals surface area contributed by atoms with Crippen LogP contribution in [0.5, 0.6) is 0 Å². The van der Waals surface area contributed by atoms with Crippen LogP contribution < -0.4 is 0 Å². The summed E-state index contributed by atoms with van der Waals surface area (Å²) < 4.78 is 0. The molecule has 1 aliphatic rings. The van der Waals surface area contributed by atoms with E-state index in [1.165, 1.54) is 32.1 Å². The van der Waals surface area contributed by atoms with Crippen LogP contribution in [0.25, 0.3) is 0 Å². The zero-order valence-corrected chi connectivity index (χ0v) is 6.41. The summed E-state index contributed by atoms with van der Waals surface area (Å²) in [5.74, 6) is 0.564. The molecule has 0 amide bonds. The van der Waals surface area contributed by atoms with Crippen molar-refractivity contribution < 1.29 is 0 Å². The van der Waals surface area contributed by atoms with Crippen LogP contribution in [0, 0.1) is 12.8 Å². The normalized spacial score (nSPS) is 21.9. The molecule has 0 aromatic rings. The Bertz CT molecular complexity index is 101. The monoisotopic (exact) mass is 140 g/mol. The molecule has 1 saturated carbocycles. The molecule has 9 heavy (non-hydrogen) atoms. The fourth-order valence-corrected chi connectivity index (χ4v) is 1.62. The van der Waals surface area contributed by atoms with Gasteiger partial charge in [0, 0.05) is 11.8 Å². The molecule has 50 valence electrons. The quantitative estimate of drug-likeness (QED) is 0.504. The Hall–Kier alpha value is 0.0900. The van der Waals surface area contributed by atoms with Gasteiger partial charge in [0.15, 0.2) is 0 Å². The van der Waals surface area contributed by atoms with E-state index in [9.17, 15) is 0 Å². The molecule has 0 saturated heterocycles. The van der Waals surface area contributed by atoms with Crippen LogP contribution in [0.1, 0.15) is 32.1 Å². The topological polar surface area (TPSA) is 0 Å². The van der Waals surface area contributed by atoms with Crippen LogP contribution in [0.3, 0.4) is 0 Å². The molecule has 0 N–H and O–H groups in total. The third-order valence-corrected chi connectivity index (χ3v) is 2.34. The van der Waals surface area contributed by atoms with Crippen molar-refractivity contribution in [3.05, 3.63) is 6.92 Å². The molecule has 0 aliphatic heterocycles. The van der Waals surface area contributed by atoms with E-state index >= 15 is 0 Å². The molecule has 0 aromatic heterocycles. The van der Waals surface area contributed by atoms with Crippen LogP contribution in [0.4, 0.5) is 0 Å². The maximum Gasteiger partial charge on any atom is 0.00651 e. The first-order chi connectivity index (χ1) is 4.30. The molecule has 0 atom stereocenters. The molecule has 1 fully saturated rings. The largest absolute Gasteiger partial charge is 0.0890 e. The van der Waals surface area contributed by atoms with Gasteiger partial charge in [0.2, 0.25) is 0 Å². The summed E-state index contributed by atoms with van der Waals surface area (Å²) in [5, 5.41) is 0. The lowest BCUT2D eigenvalue weighted by Gasteiger charge is -2.19. The summed E-state index contributed by atoms with van der Waals surface area (Å²) in [7, 11) is 0. The molecule has 0 heterocycles. The van der Waals surface area contributed by atoms with E-state index in [-0.39, 0.29) is 0 Å². The van der Waals surface area contributed by atoms with Gasteiger partial charge in [-0.3, -0.25) is 0 Å². The molecular weight excluding hydrogens is 128 g/mol. The summed E-state index contributed by atoms with van der Waals surface area (Å²) in [6, 6.07) is 0. The van der Waals surface area contributed by atoms with Gasteiger partial charge in [-0.1, -0.05) is 31.5 Å². The van der Waals surface area contributed by atoms with Gasteiger partial charge in [-0.05, 0) is 18.8 Å². The summed E-state index contributed by atoms with van der Waals surface area (Å²) >= 11 is 4.89. The van der Waals surface area contributed by atoms with Crippen molar-refractivity contribution in [1.29, 1.82) is 0 Å². The molecule has 0 bridgehead atoms. The first-order valence-electron chi connectivity index (χ1n) is 3.60. The van der Waals surface area contributed by atoms with Crippen LogP contribution in [-0.4, -0.2) is 4.86 Å². The third-order valence-electron chi connectivity index (χ3n) is 2.01. The van der Waals surface area contributed by atoms with Gasteiger partial charge >= 0.3 is 0 Å². The highest BCUT2D eigenvalue weighted by Crippen LogP contribution is 2.24. The average molecular weight is 140 g/mol. The van der Waals surface area contributed by atoms with E-state index in [0.29, 0.717) is 5.92 Å². The minimum atomic E-state index is 0.564. The van der Waals surface area contributed by atoms with E-state index in [0.717, 1.165) is 4.86 Å². The zero-order valence-electron chi connectivity index (χ0n) is 5.60. The van der Waals surface area contributed by atoms with E-state index in [2.05, 4.69) is 0 Å². The first-order valence-corrected chi connectivity index (χ1v) is 4.01. The average Bonchev–Trinajstić information content (AvgIpc) is 1.90. The molecule has 0 spiro atoms. The molecule has 0 nitrogen and oxygen atoms in total. The summed E-state index contributed by atoms with van der Waals surface area (Å²) in [6.07, 6.45) is 6.48. The number of hydrogen-bond donors (Lipinski definition) is 0. The van der Waals surface area contributed by atoms with Crippen LogP contribution in [-0.2, 0) is 0 Å². The number of hydrogen-bond acceptors (Lipinski definition) is 1. The Balaban J connectivity index is 2.31. The van der Waals surface area contributed by atoms with Gasteiger partial charge in [0.25, 0.3) is 0 Å². The Morgan fingerprint density at radius 3 is 2.11 bits per heavy atom. The Kier molecular flexibility index (Phi) is 2.65. The van der Waals surface area contributed by atoms with Crippen molar-refractivity contribution in [3.8, 4) is 0 Å². The van der Waals surface area contributed by atoms with E-state index in [1.54, 1.807) is 0 Å². The molecule has 1 heteroatoms. The van der Waals surface area contributed by atoms with Gasteiger partial charge in [0.1, 0.15) is 0 Å². The number of thiocarbonyl (C=S) groups is 1. The highest BCUT2D eigenvalue weighted by atomic mass is 32.1. The van der Waals surface area contributed by atoms with E-state index < -0.39 is 0 Å². The van der Waals surface area contributed by atoms with E-state index in [1.807, 2.05) is 0 Å². The van der Waals surface area contributed by atoms with Crippen molar-refractivity contribution in [2.75, 3.05) is 0 Å². The van der Waals surface area contributed by atoms with Crippen LogP contribution in [0.15, 0.2) is 0 Å². The second-order valence-electron chi connectivity index (χ2n) is 2.74. The third kappa shape index (κ3) is 2.05. The second-order valence-corrected chi connectivity index (χ2v) is 3.21. The van der Waals surface area contributed by atoms with Gasteiger partial charge < -0.3 is 0 Å². The molecule has 1 rings (SSSR count). The SMILES string of the molecule is [CH]C(=S)C1CCCCC1. The zero-order chi connectivity index (χ0) is 6.69. The lowest BCUT2D eigenvalue weighted by molar-refractivity contribution is 0.443. The van der Waals surface area contributed by atoms with Crippen molar-refractivity contribution in [1.82, 2.24) is 0 Å². The lowest BCUT2D eigenvalue weighted by atomic mass is 9.87. The predicted molar refractivity (Wildman–Crippen MR) is 43.5 cm³/mol. The Morgan fingerprint density at radius 2 is 1.78 bits per heavy atom. The predicted octanol–water partition coefficient (Wildman–Crippen LogP) is 2.65.